The highest BCUT2D eigenvalue weighted by atomic mass is 35.5. The Morgan fingerprint density at radius 2 is 1.91 bits per heavy atom. The van der Waals surface area contributed by atoms with E-state index in [9.17, 15) is 18.0 Å². The summed E-state index contributed by atoms with van der Waals surface area (Å²) in [5, 5.41) is 2.93. The second-order valence-corrected chi connectivity index (χ2v) is 8.76. The van der Waals surface area contributed by atoms with Crippen molar-refractivity contribution in [1.82, 2.24) is 10.3 Å². The molecule has 2 aromatic rings. The molecule has 0 atom stereocenters. The zero-order chi connectivity index (χ0) is 23.3. The molecule has 0 aliphatic carbocycles. The molecule has 0 radical (unpaired) electrons. The van der Waals surface area contributed by atoms with Crippen LogP contribution in [0.1, 0.15) is 37.8 Å². The van der Waals surface area contributed by atoms with Gasteiger partial charge >= 0.3 is 6.18 Å². The Labute approximate surface area is 190 Å². The van der Waals surface area contributed by atoms with Crippen molar-refractivity contribution in [2.24, 2.45) is 11.8 Å². The van der Waals surface area contributed by atoms with Gasteiger partial charge in [-0.1, -0.05) is 37.6 Å². The molecule has 1 aliphatic rings. The molecule has 5 nitrogen and oxygen atoms in total. The number of benzene rings is 1. The number of carbonyl (C=O) groups is 1. The number of hydrogen-bond acceptors (Lipinski definition) is 4. The van der Waals surface area contributed by atoms with Crippen LogP contribution in [0.2, 0.25) is 5.02 Å². The predicted molar refractivity (Wildman–Crippen MR) is 118 cm³/mol. The SMILES string of the molecule is CC(C)COc1ccc(CNC(=O)C2CCN(c3ncc(C(F)(F)F)cc3Cl)CC2)cc1. The largest absolute Gasteiger partial charge is 0.493 e. The molecule has 0 unspecified atom stereocenters. The summed E-state index contributed by atoms with van der Waals surface area (Å²) in [6.07, 6.45) is -2.54. The molecular weight excluding hydrogens is 443 g/mol. The third-order valence-corrected chi connectivity index (χ3v) is 5.57. The highest BCUT2D eigenvalue weighted by Crippen LogP contribution is 2.34. The molecule has 0 spiro atoms. The van der Waals surface area contributed by atoms with Crippen LogP contribution in [0.15, 0.2) is 36.5 Å². The maximum absolute atomic E-state index is 12.8. The summed E-state index contributed by atoms with van der Waals surface area (Å²) in [4.78, 5) is 18.3. The van der Waals surface area contributed by atoms with Gasteiger partial charge < -0.3 is 15.0 Å². The standard InChI is InChI=1S/C23H27ClF3N3O2/c1-15(2)14-32-19-5-3-16(4-6-19)12-29-22(31)17-7-9-30(10-8-17)21-20(24)11-18(13-28-21)23(25,26)27/h3-6,11,13,15,17H,7-10,12,14H2,1-2H3,(H,29,31). The number of rotatable bonds is 7. The van der Waals surface area contributed by atoms with Gasteiger partial charge in [-0.2, -0.15) is 13.2 Å². The van der Waals surface area contributed by atoms with E-state index in [4.69, 9.17) is 16.3 Å². The molecule has 1 aromatic carbocycles. The first-order valence-corrected chi connectivity index (χ1v) is 11.0. The molecular formula is C23H27ClF3N3O2. The number of hydrogen-bond donors (Lipinski definition) is 1. The Morgan fingerprint density at radius 3 is 2.47 bits per heavy atom. The Hall–Kier alpha value is -2.48. The second-order valence-electron chi connectivity index (χ2n) is 8.36. The number of nitrogens with one attached hydrogen (secondary N) is 1. The summed E-state index contributed by atoms with van der Waals surface area (Å²) >= 11 is 6.04. The zero-order valence-electron chi connectivity index (χ0n) is 18.1. The molecule has 1 saturated heterocycles. The van der Waals surface area contributed by atoms with Crippen molar-refractivity contribution in [3.8, 4) is 5.75 Å². The van der Waals surface area contributed by atoms with Gasteiger partial charge in [0.15, 0.2) is 0 Å². The number of alkyl halides is 3. The molecule has 1 amide bonds. The molecule has 0 saturated carbocycles. The van der Waals surface area contributed by atoms with Gasteiger partial charge in [0, 0.05) is 31.7 Å². The van der Waals surface area contributed by atoms with E-state index in [1.807, 2.05) is 29.2 Å². The van der Waals surface area contributed by atoms with Crippen molar-refractivity contribution < 1.29 is 22.7 Å². The van der Waals surface area contributed by atoms with Gasteiger partial charge in [0.2, 0.25) is 5.91 Å². The van der Waals surface area contributed by atoms with Crippen LogP contribution < -0.4 is 15.0 Å². The summed E-state index contributed by atoms with van der Waals surface area (Å²) in [5.74, 6) is 1.38. The van der Waals surface area contributed by atoms with E-state index in [2.05, 4.69) is 24.1 Å². The number of amides is 1. The van der Waals surface area contributed by atoms with Crippen LogP contribution in [0.5, 0.6) is 5.75 Å². The first-order chi connectivity index (χ1) is 15.1. The van der Waals surface area contributed by atoms with Crippen LogP contribution in [0.4, 0.5) is 19.0 Å². The monoisotopic (exact) mass is 469 g/mol. The number of nitrogens with zero attached hydrogens (tertiary/aromatic N) is 2. The number of ether oxygens (including phenoxy) is 1. The van der Waals surface area contributed by atoms with Crippen LogP contribution in [-0.2, 0) is 17.5 Å². The number of pyridine rings is 1. The van der Waals surface area contributed by atoms with E-state index in [-0.39, 0.29) is 16.8 Å². The lowest BCUT2D eigenvalue weighted by atomic mass is 9.95. The molecule has 9 heteroatoms. The molecule has 3 rings (SSSR count). The maximum atomic E-state index is 12.8. The Morgan fingerprint density at radius 1 is 1.25 bits per heavy atom. The predicted octanol–water partition coefficient (Wildman–Crippen LogP) is 5.32. The number of anilines is 1. The van der Waals surface area contributed by atoms with Crippen LogP contribution in [0.3, 0.4) is 0 Å². The van der Waals surface area contributed by atoms with Gasteiger partial charge in [-0.15, -0.1) is 0 Å². The van der Waals surface area contributed by atoms with Crippen molar-refractivity contribution >= 4 is 23.3 Å². The van der Waals surface area contributed by atoms with E-state index in [1.165, 1.54) is 0 Å². The molecule has 1 N–H and O–H groups in total. The topological polar surface area (TPSA) is 54.5 Å². The average molecular weight is 470 g/mol. The molecule has 1 fully saturated rings. The lowest BCUT2D eigenvalue weighted by Gasteiger charge is -2.32. The van der Waals surface area contributed by atoms with E-state index < -0.39 is 11.7 Å². The molecule has 32 heavy (non-hydrogen) atoms. The van der Waals surface area contributed by atoms with E-state index >= 15 is 0 Å². The summed E-state index contributed by atoms with van der Waals surface area (Å²) in [6.45, 7) is 6.25. The number of carbonyl (C=O) groups excluding carboxylic acids is 1. The van der Waals surface area contributed by atoms with Crippen molar-refractivity contribution in [2.45, 2.75) is 39.4 Å². The van der Waals surface area contributed by atoms with E-state index in [1.54, 1.807) is 0 Å². The Kier molecular flexibility index (Phi) is 7.87. The lowest BCUT2D eigenvalue weighted by molar-refractivity contribution is -0.137. The van der Waals surface area contributed by atoms with E-state index in [0.29, 0.717) is 50.8 Å². The normalized spacial score (nSPS) is 15.2. The summed E-state index contributed by atoms with van der Waals surface area (Å²) in [5.41, 5.74) is 0.105. The maximum Gasteiger partial charge on any atom is 0.417 e. The van der Waals surface area contributed by atoms with E-state index in [0.717, 1.165) is 23.6 Å². The summed E-state index contributed by atoms with van der Waals surface area (Å²) in [7, 11) is 0. The number of aromatic nitrogens is 1. The summed E-state index contributed by atoms with van der Waals surface area (Å²) in [6, 6.07) is 8.53. The lowest BCUT2D eigenvalue weighted by Crippen LogP contribution is -2.40. The fraction of sp³-hybridized carbons (Fsp3) is 0.478. The van der Waals surface area contributed by atoms with Gasteiger partial charge in [-0.05, 0) is 42.5 Å². The second kappa shape index (κ2) is 10.4. The zero-order valence-corrected chi connectivity index (χ0v) is 18.8. The third kappa shape index (κ3) is 6.51. The minimum Gasteiger partial charge on any atom is -0.493 e. The quantitative estimate of drug-likeness (QED) is 0.596. The molecule has 1 aliphatic heterocycles. The number of piperidine rings is 1. The Balaban J connectivity index is 1.47. The van der Waals surface area contributed by atoms with Crippen LogP contribution in [-0.4, -0.2) is 30.6 Å². The Bertz CT molecular complexity index is 912. The van der Waals surface area contributed by atoms with Crippen molar-refractivity contribution in [2.75, 3.05) is 24.6 Å². The van der Waals surface area contributed by atoms with Gasteiger partial charge in [0.25, 0.3) is 0 Å². The van der Waals surface area contributed by atoms with Crippen LogP contribution >= 0.6 is 11.6 Å². The third-order valence-electron chi connectivity index (χ3n) is 5.29. The van der Waals surface area contributed by atoms with Crippen LogP contribution in [0.25, 0.3) is 0 Å². The smallest absolute Gasteiger partial charge is 0.417 e. The van der Waals surface area contributed by atoms with Gasteiger partial charge in [-0.25, -0.2) is 4.98 Å². The van der Waals surface area contributed by atoms with Crippen molar-refractivity contribution in [1.29, 1.82) is 0 Å². The minimum atomic E-state index is -4.48. The highest BCUT2D eigenvalue weighted by molar-refractivity contribution is 6.33. The molecule has 1 aromatic heterocycles. The highest BCUT2D eigenvalue weighted by Gasteiger charge is 2.33. The molecule has 174 valence electrons. The molecule has 0 bridgehead atoms. The van der Waals surface area contributed by atoms with Crippen LogP contribution in [0, 0.1) is 11.8 Å². The van der Waals surface area contributed by atoms with Crippen molar-refractivity contribution in [3.63, 3.8) is 0 Å². The molecule has 2 heterocycles. The number of halogens is 4. The first-order valence-electron chi connectivity index (χ1n) is 10.6. The van der Waals surface area contributed by atoms with Gasteiger partial charge in [0.1, 0.15) is 11.6 Å². The van der Waals surface area contributed by atoms with Crippen molar-refractivity contribution in [3.05, 3.63) is 52.7 Å². The minimum absolute atomic E-state index is 0.0312. The fourth-order valence-electron chi connectivity index (χ4n) is 3.47. The van der Waals surface area contributed by atoms with Gasteiger partial charge in [0.05, 0.1) is 17.2 Å². The van der Waals surface area contributed by atoms with Gasteiger partial charge in [-0.3, -0.25) is 4.79 Å². The average Bonchev–Trinajstić information content (AvgIpc) is 2.76. The fourth-order valence-corrected chi connectivity index (χ4v) is 3.76. The first kappa shape index (κ1) is 24.2. The summed E-state index contributed by atoms with van der Waals surface area (Å²) < 4.78 is 44.1.